The van der Waals surface area contributed by atoms with E-state index in [-0.39, 0.29) is 0 Å². The first-order valence-electron chi connectivity index (χ1n) is 7.48. The van der Waals surface area contributed by atoms with Crippen molar-refractivity contribution in [1.29, 1.82) is 0 Å². The van der Waals surface area contributed by atoms with Gasteiger partial charge in [0, 0.05) is 0 Å². The molecule has 0 amide bonds. The molecule has 2 N–H and O–H groups in total. The summed E-state index contributed by atoms with van der Waals surface area (Å²) in [4.78, 5) is 0. The number of halogens is 1. The molecule has 0 aromatic heterocycles. The third-order valence-electron chi connectivity index (χ3n) is 4.58. The van der Waals surface area contributed by atoms with Crippen LogP contribution in [0.5, 0.6) is 5.75 Å². The lowest BCUT2D eigenvalue weighted by atomic mass is 9.83. The average molecular weight is 280 g/mol. The third kappa shape index (κ3) is 2.75. The Kier molecular flexibility index (Phi) is 3.99. The number of piperidine rings is 1. The molecular formula is C16H22ClNO. The fourth-order valence-electron chi connectivity index (χ4n) is 3.55. The van der Waals surface area contributed by atoms with E-state index in [4.69, 9.17) is 11.6 Å². The molecule has 3 rings (SSSR count). The molecule has 3 heteroatoms. The van der Waals surface area contributed by atoms with E-state index >= 15 is 0 Å². The number of hydrogen-bond acceptors (Lipinski definition) is 2. The van der Waals surface area contributed by atoms with Crippen LogP contribution < -0.4 is 5.32 Å². The first-order valence-corrected chi connectivity index (χ1v) is 7.86. The molecule has 0 spiro atoms. The molecule has 1 atom stereocenters. The molecule has 1 unspecified atom stereocenters. The van der Waals surface area contributed by atoms with Crippen LogP contribution in [0.15, 0.2) is 6.07 Å². The first kappa shape index (κ1) is 13.3. The molecule has 0 saturated carbocycles. The van der Waals surface area contributed by atoms with E-state index in [1.807, 2.05) is 6.07 Å². The number of hydrogen-bond donors (Lipinski definition) is 2. The largest absolute Gasteiger partial charge is 0.506 e. The minimum atomic E-state index is 0.341. The molecular weight excluding hydrogens is 258 g/mol. The summed E-state index contributed by atoms with van der Waals surface area (Å²) in [5.41, 5.74) is 3.89. The first-order chi connectivity index (χ1) is 9.25. The minimum Gasteiger partial charge on any atom is -0.506 e. The van der Waals surface area contributed by atoms with E-state index in [0.717, 1.165) is 37.9 Å². The number of fused-ring (bicyclic) bond motifs is 1. The Bertz CT molecular complexity index is 466. The number of phenols is 1. The Morgan fingerprint density at radius 2 is 2.11 bits per heavy atom. The summed E-state index contributed by atoms with van der Waals surface area (Å²) < 4.78 is 0. The lowest BCUT2D eigenvalue weighted by Gasteiger charge is -2.27. The monoisotopic (exact) mass is 279 g/mol. The fourth-order valence-corrected chi connectivity index (χ4v) is 3.79. The van der Waals surface area contributed by atoms with Crippen LogP contribution >= 0.6 is 11.6 Å². The molecule has 1 heterocycles. The second-order valence-electron chi connectivity index (χ2n) is 5.95. The van der Waals surface area contributed by atoms with Gasteiger partial charge >= 0.3 is 0 Å². The Morgan fingerprint density at radius 1 is 1.26 bits per heavy atom. The van der Waals surface area contributed by atoms with Gasteiger partial charge in [-0.3, -0.25) is 0 Å². The zero-order valence-electron chi connectivity index (χ0n) is 11.3. The molecule has 1 saturated heterocycles. The van der Waals surface area contributed by atoms with E-state index in [1.165, 1.54) is 36.8 Å². The van der Waals surface area contributed by atoms with Crippen molar-refractivity contribution >= 4 is 11.6 Å². The second-order valence-corrected chi connectivity index (χ2v) is 6.35. The number of benzene rings is 1. The summed E-state index contributed by atoms with van der Waals surface area (Å²) in [5.74, 6) is 0.983. The van der Waals surface area contributed by atoms with Gasteiger partial charge in [-0.1, -0.05) is 11.6 Å². The van der Waals surface area contributed by atoms with Gasteiger partial charge in [0.2, 0.25) is 0 Å². The molecule has 1 aromatic rings. The van der Waals surface area contributed by atoms with Crippen LogP contribution in [0.25, 0.3) is 0 Å². The van der Waals surface area contributed by atoms with Crippen LogP contribution in [0.2, 0.25) is 5.02 Å². The van der Waals surface area contributed by atoms with Gasteiger partial charge in [-0.05, 0) is 86.7 Å². The van der Waals surface area contributed by atoms with E-state index in [2.05, 4.69) is 5.32 Å². The maximum absolute atomic E-state index is 10.3. The molecule has 1 aliphatic heterocycles. The van der Waals surface area contributed by atoms with Gasteiger partial charge in [0.25, 0.3) is 0 Å². The predicted octanol–water partition coefficient (Wildman–Crippen LogP) is 3.47. The van der Waals surface area contributed by atoms with Crippen LogP contribution in [0.3, 0.4) is 0 Å². The molecule has 19 heavy (non-hydrogen) atoms. The molecule has 0 bridgehead atoms. The van der Waals surface area contributed by atoms with Gasteiger partial charge in [-0.25, -0.2) is 0 Å². The minimum absolute atomic E-state index is 0.341. The smallest absolute Gasteiger partial charge is 0.137 e. The van der Waals surface area contributed by atoms with Crippen LogP contribution in [-0.4, -0.2) is 18.2 Å². The summed E-state index contributed by atoms with van der Waals surface area (Å²) in [5, 5.41) is 14.3. The number of aryl methyl sites for hydroxylation is 1. The van der Waals surface area contributed by atoms with Crippen molar-refractivity contribution in [3.05, 3.63) is 27.8 Å². The van der Waals surface area contributed by atoms with Crippen molar-refractivity contribution in [2.45, 2.75) is 44.9 Å². The normalized spacial score (nSPS) is 23.1. The van der Waals surface area contributed by atoms with Crippen LogP contribution in [0.1, 0.15) is 42.4 Å². The average Bonchev–Trinajstić information content (AvgIpc) is 2.45. The molecule has 2 aliphatic rings. The van der Waals surface area contributed by atoms with Crippen molar-refractivity contribution in [1.82, 2.24) is 5.32 Å². The summed E-state index contributed by atoms with van der Waals surface area (Å²) in [6.07, 6.45) is 8.19. The van der Waals surface area contributed by atoms with Gasteiger partial charge in [-0.15, -0.1) is 0 Å². The van der Waals surface area contributed by atoms with Gasteiger partial charge in [-0.2, -0.15) is 0 Å². The number of nitrogens with one attached hydrogen (secondary N) is 1. The fraction of sp³-hybridized carbons (Fsp3) is 0.625. The second kappa shape index (κ2) is 5.72. The van der Waals surface area contributed by atoms with Gasteiger partial charge in [0.1, 0.15) is 5.75 Å². The molecule has 104 valence electrons. The Morgan fingerprint density at radius 3 is 2.89 bits per heavy atom. The van der Waals surface area contributed by atoms with Crippen molar-refractivity contribution in [2.24, 2.45) is 5.92 Å². The SMILES string of the molecule is Oc1c(Cl)cc2c(c1CC1CCCNC1)CCCC2. The molecule has 0 radical (unpaired) electrons. The summed E-state index contributed by atoms with van der Waals surface area (Å²) in [6.45, 7) is 2.21. The molecule has 2 nitrogen and oxygen atoms in total. The van der Waals surface area contributed by atoms with Crippen LogP contribution in [0.4, 0.5) is 0 Å². The highest BCUT2D eigenvalue weighted by Crippen LogP contribution is 2.38. The summed E-state index contributed by atoms with van der Waals surface area (Å²) in [6, 6.07) is 1.98. The van der Waals surface area contributed by atoms with Gasteiger partial charge < -0.3 is 10.4 Å². The number of aromatic hydroxyl groups is 1. The zero-order valence-corrected chi connectivity index (χ0v) is 12.1. The Labute approximate surface area is 120 Å². The van der Waals surface area contributed by atoms with E-state index in [9.17, 15) is 5.11 Å². The van der Waals surface area contributed by atoms with Crippen LogP contribution in [-0.2, 0) is 19.3 Å². The topological polar surface area (TPSA) is 32.3 Å². The maximum atomic E-state index is 10.3. The summed E-state index contributed by atoms with van der Waals surface area (Å²) >= 11 is 6.20. The van der Waals surface area contributed by atoms with Gasteiger partial charge in [0.05, 0.1) is 5.02 Å². The third-order valence-corrected chi connectivity index (χ3v) is 4.87. The van der Waals surface area contributed by atoms with Crippen molar-refractivity contribution in [2.75, 3.05) is 13.1 Å². The molecule has 1 aliphatic carbocycles. The highest BCUT2D eigenvalue weighted by molar-refractivity contribution is 6.32. The quantitative estimate of drug-likeness (QED) is 0.869. The van der Waals surface area contributed by atoms with E-state index in [1.54, 1.807) is 0 Å². The number of rotatable bonds is 2. The van der Waals surface area contributed by atoms with Crippen molar-refractivity contribution in [3.8, 4) is 5.75 Å². The maximum Gasteiger partial charge on any atom is 0.137 e. The van der Waals surface area contributed by atoms with Gasteiger partial charge in [0.15, 0.2) is 0 Å². The van der Waals surface area contributed by atoms with Crippen molar-refractivity contribution < 1.29 is 5.11 Å². The number of phenolic OH excluding ortho intramolecular Hbond substituents is 1. The van der Waals surface area contributed by atoms with E-state index < -0.39 is 0 Å². The lowest BCUT2D eigenvalue weighted by Crippen LogP contribution is -2.31. The summed E-state index contributed by atoms with van der Waals surface area (Å²) in [7, 11) is 0. The van der Waals surface area contributed by atoms with E-state index in [0.29, 0.717) is 16.7 Å². The lowest BCUT2D eigenvalue weighted by molar-refractivity contribution is 0.368. The highest BCUT2D eigenvalue weighted by atomic mass is 35.5. The molecule has 1 fully saturated rings. The highest BCUT2D eigenvalue weighted by Gasteiger charge is 2.22. The standard InChI is InChI=1S/C16H22ClNO/c17-15-9-12-5-1-2-6-13(12)14(16(15)19)8-11-4-3-7-18-10-11/h9,11,18-19H,1-8,10H2. The Balaban J connectivity index is 1.91. The Hall–Kier alpha value is -0.730. The zero-order chi connectivity index (χ0) is 13.2. The predicted molar refractivity (Wildman–Crippen MR) is 79.1 cm³/mol. The molecule has 1 aromatic carbocycles. The van der Waals surface area contributed by atoms with Crippen molar-refractivity contribution in [3.63, 3.8) is 0 Å². The van der Waals surface area contributed by atoms with Crippen LogP contribution in [0, 0.1) is 5.92 Å².